The van der Waals surface area contributed by atoms with Crippen molar-refractivity contribution < 1.29 is 19.2 Å². The van der Waals surface area contributed by atoms with Crippen molar-refractivity contribution in [1.29, 1.82) is 0 Å². The summed E-state index contributed by atoms with van der Waals surface area (Å²) in [6.07, 6.45) is 0. The molecule has 1 aliphatic rings. The van der Waals surface area contributed by atoms with E-state index in [4.69, 9.17) is 17.1 Å². The van der Waals surface area contributed by atoms with Crippen LogP contribution < -0.4 is 5.69 Å². The maximum atomic E-state index is 12.2. The molecule has 3 rings (SSSR count). The molecular formula is C14H9N3O5S. The van der Waals surface area contributed by atoms with Crippen molar-refractivity contribution in [3.63, 3.8) is 0 Å². The molecule has 0 unspecified atom stereocenters. The number of H-pyrrole nitrogens is 2. The van der Waals surface area contributed by atoms with E-state index >= 15 is 0 Å². The predicted octanol–water partition coefficient (Wildman–Crippen LogP) is 1.11. The molecule has 0 aliphatic carbocycles. The normalized spacial score (nSPS) is 13.2. The Balaban J connectivity index is 1.94. The number of carbonyl (C=O) groups is 3. The SMILES string of the molecule is Cc1[nH]c(=O)[nH]c(=S)c1C(=O)ON1C(=O)c2ccccc2C1=O. The smallest absolute Gasteiger partial charge is 0.324 e. The minimum absolute atomic E-state index is 0.129. The number of fused-ring (bicyclic) bond motifs is 1. The van der Waals surface area contributed by atoms with Gasteiger partial charge in [-0.15, -0.1) is 0 Å². The number of carbonyl (C=O) groups excluding carboxylic acids is 3. The second-order valence-corrected chi connectivity index (χ2v) is 5.15. The maximum Gasteiger partial charge on any atom is 0.368 e. The van der Waals surface area contributed by atoms with Crippen LogP contribution in [-0.2, 0) is 4.84 Å². The second-order valence-electron chi connectivity index (χ2n) is 4.74. The van der Waals surface area contributed by atoms with Gasteiger partial charge in [0.25, 0.3) is 11.8 Å². The van der Waals surface area contributed by atoms with Crippen molar-refractivity contribution >= 4 is 30.0 Å². The number of rotatable bonds is 2. The molecule has 116 valence electrons. The van der Waals surface area contributed by atoms with Crippen LogP contribution in [0, 0.1) is 11.6 Å². The topological polar surface area (TPSA) is 112 Å². The lowest BCUT2D eigenvalue weighted by atomic mass is 10.1. The van der Waals surface area contributed by atoms with Gasteiger partial charge in [-0.2, -0.15) is 0 Å². The lowest BCUT2D eigenvalue weighted by molar-refractivity contribution is -0.0586. The van der Waals surface area contributed by atoms with Gasteiger partial charge in [-0.25, -0.2) is 9.59 Å². The van der Waals surface area contributed by atoms with E-state index in [0.717, 1.165) is 0 Å². The lowest BCUT2D eigenvalue weighted by Crippen LogP contribution is -2.33. The first-order valence-corrected chi connectivity index (χ1v) is 6.84. The average Bonchev–Trinajstić information content (AvgIpc) is 2.72. The molecule has 0 saturated carbocycles. The standard InChI is InChI=1S/C14H9N3O5S/c1-6-9(10(23)16-14(21)15-6)13(20)22-17-11(18)7-4-2-3-5-8(7)12(17)19/h2-5H,1H3,(H2,15,16,21,23). The van der Waals surface area contributed by atoms with Gasteiger partial charge < -0.3 is 9.82 Å². The molecule has 0 saturated heterocycles. The minimum Gasteiger partial charge on any atom is -0.324 e. The van der Waals surface area contributed by atoms with Gasteiger partial charge in [0.15, 0.2) is 0 Å². The Hall–Kier alpha value is -3.07. The van der Waals surface area contributed by atoms with E-state index in [1.165, 1.54) is 19.1 Å². The summed E-state index contributed by atoms with van der Waals surface area (Å²) in [5.41, 5.74) is -0.247. The van der Waals surface area contributed by atoms with Crippen molar-refractivity contribution in [1.82, 2.24) is 15.0 Å². The molecule has 0 fully saturated rings. The molecule has 8 nitrogen and oxygen atoms in total. The molecule has 0 spiro atoms. The summed E-state index contributed by atoms with van der Waals surface area (Å²) in [7, 11) is 0. The number of hydroxylamine groups is 2. The molecule has 0 bridgehead atoms. The van der Waals surface area contributed by atoms with E-state index in [-0.39, 0.29) is 27.0 Å². The third-order valence-electron chi connectivity index (χ3n) is 3.27. The Labute approximate surface area is 133 Å². The zero-order chi connectivity index (χ0) is 16.7. The number of aryl methyl sites for hydroxylation is 1. The predicted molar refractivity (Wildman–Crippen MR) is 79.3 cm³/mol. The summed E-state index contributed by atoms with van der Waals surface area (Å²) < 4.78 is -0.146. The molecule has 2 amide bonds. The molecule has 2 heterocycles. The van der Waals surface area contributed by atoms with Crippen LogP contribution in [0.4, 0.5) is 0 Å². The molecule has 2 aromatic rings. The summed E-state index contributed by atoms with van der Waals surface area (Å²) in [5.74, 6) is -2.50. The molecule has 1 aromatic carbocycles. The van der Waals surface area contributed by atoms with Gasteiger partial charge in [0, 0.05) is 5.69 Å². The maximum absolute atomic E-state index is 12.2. The zero-order valence-corrected chi connectivity index (χ0v) is 12.5. The summed E-state index contributed by atoms with van der Waals surface area (Å²) in [5, 5.41) is 0.381. The number of hydrogen-bond acceptors (Lipinski definition) is 6. The monoisotopic (exact) mass is 331 g/mol. The van der Waals surface area contributed by atoms with Gasteiger partial charge in [0.05, 0.1) is 11.1 Å². The number of amides is 2. The van der Waals surface area contributed by atoms with Crippen molar-refractivity contribution in [3.05, 3.63) is 61.8 Å². The van der Waals surface area contributed by atoms with Gasteiger partial charge in [-0.05, 0) is 19.1 Å². The van der Waals surface area contributed by atoms with Crippen LogP contribution in [0.15, 0.2) is 29.1 Å². The molecule has 9 heteroatoms. The highest BCUT2D eigenvalue weighted by molar-refractivity contribution is 7.71. The highest BCUT2D eigenvalue weighted by Gasteiger charge is 2.39. The van der Waals surface area contributed by atoms with E-state index < -0.39 is 23.5 Å². The summed E-state index contributed by atoms with van der Waals surface area (Å²) >= 11 is 4.91. The molecule has 0 radical (unpaired) electrons. The van der Waals surface area contributed by atoms with Crippen molar-refractivity contribution in [2.24, 2.45) is 0 Å². The number of hydrogen-bond donors (Lipinski definition) is 2. The number of nitrogens with zero attached hydrogens (tertiary/aromatic N) is 1. The van der Waals surface area contributed by atoms with Gasteiger partial charge in [0.1, 0.15) is 10.2 Å². The Morgan fingerprint density at radius 1 is 1.09 bits per heavy atom. The largest absolute Gasteiger partial charge is 0.368 e. The first-order valence-electron chi connectivity index (χ1n) is 6.43. The number of aromatic amines is 2. The molecule has 0 atom stereocenters. The Bertz CT molecular complexity index is 940. The van der Waals surface area contributed by atoms with Crippen molar-refractivity contribution in [2.45, 2.75) is 6.92 Å². The quantitative estimate of drug-likeness (QED) is 0.630. The van der Waals surface area contributed by atoms with Crippen LogP contribution in [0.2, 0.25) is 0 Å². The Morgan fingerprint density at radius 3 is 2.17 bits per heavy atom. The summed E-state index contributed by atoms with van der Waals surface area (Å²) in [6.45, 7) is 1.45. The number of nitrogens with one attached hydrogen (secondary N) is 2. The lowest BCUT2D eigenvalue weighted by Gasteiger charge is -2.13. The van der Waals surface area contributed by atoms with Crippen LogP contribution in [0.25, 0.3) is 0 Å². The van der Waals surface area contributed by atoms with Crippen LogP contribution in [-0.4, -0.2) is 32.8 Å². The highest BCUT2D eigenvalue weighted by atomic mass is 32.1. The van der Waals surface area contributed by atoms with Crippen LogP contribution in [0.5, 0.6) is 0 Å². The highest BCUT2D eigenvalue weighted by Crippen LogP contribution is 2.23. The summed E-state index contributed by atoms with van der Waals surface area (Å²) in [4.78, 5) is 57.2. The molecule has 23 heavy (non-hydrogen) atoms. The first kappa shape index (κ1) is 14.9. The van der Waals surface area contributed by atoms with Gasteiger partial charge in [0.2, 0.25) is 0 Å². The molecular weight excluding hydrogens is 322 g/mol. The van der Waals surface area contributed by atoms with E-state index in [1.807, 2.05) is 0 Å². The van der Waals surface area contributed by atoms with Crippen LogP contribution in [0.1, 0.15) is 36.8 Å². The van der Waals surface area contributed by atoms with E-state index in [2.05, 4.69) is 9.97 Å². The summed E-state index contributed by atoms with van der Waals surface area (Å²) in [6, 6.07) is 6.11. The fraction of sp³-hybridized carbons (Fsp3) is 0.0714. The molecule has 1 aromatic heterocycles. The minimum atomic E-state index is -1.02. The third kappa shape index (κ3) is 2.36. The molecule has 1 aliphatic heterocycles. The third-order valence-corrected chi connectivity index (χ3v) is 3.57. The van der Waals surface area contributed by atoms with E-state index in [9.17, 15) is 19.2 Å². The van der Waals surface area contributed by atoms with Gasteiger partial charge in [-0.3, -0.25) is 14.6 Å². The van der Waals surface area contributed by atoms with E-state index in [1.54, 1.807) is 12.1 Å². The number of imide groups is 1. The van der Waals surface area contributed by atoms with Crippen molar-refractivity contribution in [3.8, 4) is 0 Å². The second kappa shape index (κ2) is 5.29. The number of benzene rings is 1. The van der Waals surface area contributed by atoms with Crippen molar-refractivity contribution in [2.75, 3.05) is 0 Å². The fourth-order valence-electron chi connectivity index (χ4n) is 2.22. The molecule has 2 N–H and O–H groups in total. The van der Waals surface area contributed by atoms with Crippen LogP contribution >= 0.6 is 12.2 Å². The van der Waals surface area contributed by atoms with Gasteiger partial charge in [-0.1, -0.05) is 29.4 Å². The Kier molecular flexibility index (Phi) is 3.41. The average molecular weight is 331 g/mol. The van der Waals surface area contributed by atoms with Gasteiger partial charge >= 0.3 is 11.7 Å². The Morgan fingerprint density at radius 2 is 1.65 bits per heavy atom. The van der Waals surface area contributed by atoms with Crippen LogP contribution in [0.3, 0.4) is 0 Å². The van der Waals surface area contributed by atoms with E-state index in [0.29, 0.717) is 5.06 Å². The number of aromatic nitrogens is 2. The fourth-order valence-corrected chi connectivity index (χ4v) is 2.55. The zero-order valence-electron chi connectivity index (χ0n) is 11.7. The first-order chi connectivity index (χ1) is 10.9.